The van der Waals surface area contributed by atoms with E-state index in [0.29, 0.717) is 27.2 Å². The second-order valence-corrected chi connectivity index (χ2v) is 8.07. The number of hydrogen-bond acceptors (Lipinski definition) is 7. The van der Waals surface area contributed by atoms with E-state index in [1.807, 2.05) is 56.3 Å². The van der Waals surface area contributed by atoms with Gasteiger partial charge in [-0.1, -0.05) is 41.7 Å². The topological polar surface area (TPSA) is 86.2 Å². The number of nitrogens with zero attached hydrogens (tertiary/aromatic N) is 3. The molecule has 0 fully saturated rings. The Labute approximate surface area is 190 Å². The molecular formula is C24H22N4O3S. The lowest BCUT2D eigenvalue weighted by Gasteiger charge is -2.17. The highest BCUT2D eigenvalue weighted by molar-refractivity contribution is 7.18. The van der Waals surface area contributed by atoms with Crippen molar-refractivity contribution in [3.63, 3.8) is 0 Å². The first kappa shape index (κ1) is 21.5. The van der Waals surface area contributed by atoms with Gasteiger partial charge in [0.25, 0.3) is 5.91 Å². The number of hydrogen-bond donors (Lipinski definition) is 1. The molecule has 1 amide bonds. The minimum absolute atomic E-state index is 0.165. The first-order valence-electron chi connectivity index (χ1n) is 10.0. The smallest absolute Gasteiger partial charge is 0.257 e. The van der Waals surface area contributed by atoms with Crippen LogP contribution in [0, 0.1) is 6.92 Å². The van der Waals surface area contributed by atoms with Crippen molar-refractivity contribution < 1.29 is 14.3 Å². The van der Waals surface area contributed by atoms with Crippen molar-refractivity contribution in [1.29, 1.82) is 0 Å². The van der Waals surface area contributed by atoms with Crippen LogP contribution in [0.25, 0.3) is 10.6 Å². The van der Waals surface area contributed by atoms with E-state index >= 15 is 0 Å². The highest BCUT2D eigenvalue weighted by atomic mass is 32.1. The third kappa shape index (κ3) is 4.92. The normalized spacial score (nSPS) is 11.6. The first-order valence-corrected chi connectivity index (χ1v) is 10.8. The summed E-state index contributed by atoms with van der Waals surface area (Å²) >= 11 is 1.30. The summed E-state index contributed by atoms with van der Waals surface area (Å²) in [7, 11) is 1.55. The van der Waals surface area contributed by atoms with Crippen LogP contribution in [0.15, 0.2) is 66.9 Å². The van der Waals surface area contributed by atoms with E-state index in [9.17, 15) is 4.79 Å². The van der Waals surface area contributed by atoms with E-state index < -0.39 is 0 Å². The molecule has 0 radical (unpaired) electrons. The molecule has 7 nitrogen and oxygen atoms in total. The van der Waals surface area contributed by atoms with Crippen molar-refractivity contribution in [2.24, 2.45) is 0 Å². The van der Waals surface area contributed by atoms with Crippen molar-refractivity contribution in [3.8, 4) is 22.1 Å². The van der Waals surface area contributed by atoms with E-state index in [2.05, 4.69) is 20.5 Å². The number of aromatic nitrogens is 3. The zero-order chi connectivity index (χ0) is 22.5. The quantitative estimate of drug-likeness (QED) is 0.414. The number of nitrogens with one attached hydrogen (secondary N) is 1. The van der Waals surface area contributed by atoms with E-state index in [0.717, 1.165) is 16.8 Å². The maximum atomic E-state index is 12.8. The van der Waals surface area contributed by atoms with Gasteiger partial charge in [0.1, 0.15) is 11.1 Å². The van der Waals surface area contributed by atoms with Gasteiger partial charge in [0.2, 0.25) is 5.13 Å². The van der Waals surface area contributed by atoms with Gasteiger partial charge >= 0.3 is 0 Å². The Bertz CT molecular complexity index is 1230. The molecule has 162 valence electrons. The van der Waals surface area contributed by atoms with Gasteiger partial charge in [0, 0.05) is 23.0 Å². The molecule has 0 saturated heterocycles. The number of carbonyl (C=O) groups is 1. The molecule has 4 rings (SSSR count). The molecule has 0 spiro atoms. The monoisotopic (exact) mass is 446 g/mol. The third-order valence-electron chi connectivity index (χ3n) is 4.79. The van der Waals surface area contributed by atoms with Crippen LogP contribution >= 0.6 is 11.3 Å². The Morgan fingerprint density at radius 3 is 2.59 bits per heavy atom. The molecule has 8 heteroatoms. The molecule has 1 N–H and O–H groups in total. The summed E-state index contributed by atoms with van der Waals surface area (Å²) in [6, 6.07) is 18.8. The summed E-state index contributed by atoms with van der Waals surface area (Å²) in [5.41, 5.74) is 3.27. The average molecular weight is 447 g/mol. The Morgan fingerprint density at radius 2 is 1.84 bits per heavy atom. The number of aryl methyl sites for hydroxylation is 1. The van der Waals surface area contributed by atoms with Crippen LogP contribution in [0.3, 0.4) is 0 Å². The number of carbonyl (C=O) groups excluding carboxylic acids is 1. The SMILES string of the molecule is COc1cc(C(=O)Nc2nnc(-c3ccnc(C)c3)s2)ccc1O[C@@H](C)c1ccccc1. The molecule has 0 bridgehead atoms. The fourth-order valence-electron chi connectivity index (χ4n) is 3.13. The van der Waals surface area contributed by atoms with Gasteiger partial charge < -0.3 is 9.47 Å². The summed E-state index contributed by atoms with van der Waals surface area (Å²) < 4.78 is 11.5. The number of ether oxygens (including phenoxy) is 2. The molecule has 0 aliphatic carbocycles. The van der Waals surface area contributed by atoms with E-state index in [1.165, 1.54) is 11.3 Å². The van der Waals surface area contributed by atoms with Crippen LogP contribution in [0.5, 0.6) is 11.5 Å². The lowest BCUT2D eigenvalue weighted by molar-refractivity contribution is 0.102. The molecule has 32 heavy (non-hydrogen) atoms. The van der Waals surface area contributed by atoms with Gasteiger partial charge in [0.05, 0.1) is 7.11 Å². The van der Waals surface area contributed by atoms with Gasteiger partial charge in [-0.2, -0.15) is 0 Å². The fourth-order valence-corrected chi connectivity index (χ4v) is 3.86. The largest absolute Gasteiger partial charge is 0.493 e. The zero-order valence-corrected chi connectivity index (χ0v) is 18.7. The van der Waals surface area contributed by atoms with Crippen LogP contribution in [0.2, 0.25) is 0 Å². The molecule has 0 saturated carbocycles. The van der Waals surface area contributed by atoms with Gasteiger partial charge in [-0.3, -0.25) is 15.1 Å². The van der Waals surface area contributed by atoms with Crippen molar-refractivity contribution in [3.05, 3.63) is 83.7 Å². The molecule has 4 aromatic rings. The maximum absolute atomic E-state index is 12.8. The predicted octanol–water partition coefficient (Wildman–Crippen LogP) is 5.31. The number of pyridine rings is 1. The van der Waals surface area contributed by atoms with Gasteiger partial charge in [-0.15, -0.1) is 10.2 Å². The Hall–Kier alpha value is -3.78. The minimum atomic E-state index is -0.306. The van der Waals surface area contributed by atoms with E-state index in [1.54, 1.807) is 31.5 Å². The molecule has 1 atom stereocenters. The summed E-state index contributed by atoms with van der Waals surface area (Å²) in [5, 5.41) is 12.2. The molecule has 0 aliphatic heterocycles. The lowest BCUT2D eigenvalue weighted by atomic mass is 10.1. The van der Waals surface area contributed by atoms with Gasteiger partial charge in [-0.05, 0) is 49.7 Å². The van der Waals surface area contributed by atoms with Crippen LogP contribution in [-0.2, 0) is 0 Å². The number of amides is 1. The second kappa shape index (κ2) is 9.57. The molecule has 2 heterocycles. The van der Waals surface area contributed by atoms with Crippen molar-refractivity contribution >= 4 is 22.4 Å². The van der Waals surface area contributed by atoms with Crippen molar-refractivity contribution in [2.45, 2.75) is 20.0 Å². The first-order chi connectivity index (χ1) is 15.5. The maximum Gasteiger partial charge on any atom is 0.257 e. The summed E-state index contributed by atoms with van der Waals surface area (Å²) in [5.74, 6) is 0.733. The molecular weight excluding hydrogens is 424 g/mol. The van der Waals surface area contributed by atoms with Crippen LogP contribution in [0.4, 0.5) is 5.13 Å². The van der Waals surface area contributed by atoms with Crippen LogP contribution in [-0.4, -0.2) is 28.2 Å². The van der Waals surface area contributed by atoms with Crippen molar-refractivity contribution in [1.82, 2.24) is 15.2 Å². The Kier molecular flexibility index (Phi) is 6.42. The van der Waals surface area contributed by atoms with Gasteiger partial charge in [0.15, 0.2) is 11.5 Å². The number of benzene rings is 2. The summed E-state index contributed by atoms with van der Waals surface area (Å²) in [6.07, 6.45) is 1.56. The minimum Gasteiger partial charge on any atom is -0.493 e. The second-order valence-electron chi connectivity index (χ2n) is 7.09. The van der Waals surface area contributed by atoms with Crippen LogP contribution < -0.4 is 14.8 Å². The standard InChI is InChI=1S/C24H22N4O3S/c1-15-13-19(11-12-25-15)23-27-28-24(32-23)26-22(29)18-9-10-20(21(14-18)30-3)31-16(2)17-7-5-4-6-8-17/h4-14,16H,1-3H3,(H,26,28,29)/t16-/m0/s1. The zero-order valence-electron chi connectivity index (χ0n) is 17.9. The number of rotatable bonds is 7. The van der Waals surface area contributed by atoms with Gasteiger partial charge in [-0.25, -0.2) is 0 Å². The fraction of sp³-hybridized carbons (Fsp3) is 0.167. The Balaban J connectivity index is 1.47. The predicted molar refractivity (Wildman–Crippen MR) is 124 cm³/mol. The van der Waals surface area contributed by atoms with E-state index in [4.69, 9.17) is 9.47 Å². The molecule has 2 aromatic carbocycles. The van der Waals surface area contributed by atoms with E-state index in [-0.39, 0.29) is 12.0 Å². The summed E-state index contributed by atoms with van der Waals surface area (Å²) in [6.45, 7) is 3.88. The van der Waals surface area contributed by atoms with Crippen LogP contribution in [0.1, 0.15) is 34.6 Å². The third-order valence-corrected chi connectivity index (χ3v) is 5.68. The number of anilines is 1. The highest BCUT2D eigenvalue weighted by Gasteiger charge is 2.16. The molecule has 2 aromatic heterocycles. The highest BCUT2D eigenvalue weighted by Crippen LogP contribution is 2.33. The summed E-state index contributed by atoms with van der Waals surface area (Å²) in [4.78, 5) is 16.9. The average Bonchev–Trinajstić information content (AvgIpc) is 3.28. The lowest BCUT2D eigenvalue weighted by Crippen LogP contribution is -2.12. The molecule has 0 aliphatic rings. The number of methoxy groups -OCH3 is 1. The van der Waals surface area contributed by atoms with Crippen molar-refractivity contribution in [2.75, 3.05) is 12.4 Å². The Morgan fingerprint density at radius 1 is 1.03 bits per heavy atom. The molecule has 0 unspecified atom stereocenters.